The molecule has 0 bridgehead atoms. The van der Waals surface area contributed by atoms with Crippen LogP contribution in [0.5, 0.6) is 5.75 Å². The molecule has 1 heterocycles. The van der Waals surface area contributed by atoms with Crippen LogP contribution in [0.2, 0.25) is 0 Å². The lowest BCUT2D eigenvalue weighted by atomic mass is 10.2. The monoisotopic (exact) mass is 251 g/mol. The smallest absolute Gasteiger partial charge is 0.162 e. The van der Waals surface area contributed by atoms with Gasteiger partial charge in [-0.1, -0.05) is 0 Å². The molecule has 1 aromatic heterocycles. The number of nitrogens with zero attached hydrogens (tertiary/aromatic N) is 1. The summed E-state index contributed by atoms with van der Waals surface area (Å²) in [7, 11) is 0. The first kappa shape index (κ1) is 12.3. The number of hydrazine groups is 1. The molecule has 6 heteroatoms. The summed E-state index contributed by atoms with van der Waals surface area (Å²) in [5.74, 6) is 4.14. The van der Waals surface area contributed by atoms with Crippen molar-refractivity contribution in [2.24, 2.45) is 5.84 Å². The lowest BCUT2D eigenvalue weighted by Gasteiger charge is -2.07. The molecule has 0 radical (unpaired) electrons. The third-order valence-corrected chi connectivity index (χ3v) is 2.27. The summed E-state index contributed by atoms with van der Waals surface area (Å²) >= 11 is 0. The lowest BCUT2D eigenvalue weighted by molar-refractivity contribution is 0.303. The highest BCUT2D eigenvalue weighted by atomic mass is 19.2. The molecule has 0 unspecified atom stereocenters. The van der Waals surface area contributed by atoms with Crippen LogP contribution in [0.4, 0.5) is 14.6 Å². The molecule has 0 fully saturated rings. The number of nitrogens with two attached hydrogens (primary N) is 1. The number of anilines is 1. The zero-order valence-corrected chi connectivity index (χ0v) is 9.36. The topological polar surface area (TPSA) is 60.2 Å². The Bertz CT molecular complexity index is 549. The van der Waals surface area contributed by atoms with Crippen molar-refractivity contribution in [1.82, 2.24) is 4.98 Å². The minimum absolute atomic E-state index is 0.211. The van der Waals surface area contributed by atoms with Crippen LogP contribution in [0.15, 0.2) is 36.5 Å². The number of nitrogen functional groups attached to an aromatic ring is 1. The Hall–Kier alpha value is -2.21. The zero-order chi connectivity index (χ0) is 13.0. The molecule has 18 heavy (non-hydrogen) atoms. The van der Waals surface area contributed by atoms with Gasteiger partial charge in [-0.2, -0.15) is 0 Å². The Morgan fingerprint density at radius 1 is 1.17 bits per heavy atom. The predicted octanol–water partition coefficient (Wildman–Crippen LogP) is 2.22. The molecule has 0 spiro atoms. The fourth-order valence-corrected chi connectivity index (χ4v) is 1.38. The SMILES string of the molecule is NNc1cc(COc2ccc(F)c(F)c2)ccn1. The minimum atomic E-state index is -0.938. The Labute approximate surface area is 102 Å². The van der Waals surface area contributed by atoms with Gasteiger partial charge in [0.25, 0.3) is 0 Å². The summed E-state index contributed by atoms with van der Waals surface area (Å²) in [5.41, 5.74) is 3.21. The Balaban J connectivity index is 2.04. The van der Waals surface area contributed by atoms with Gasteiger partial charge >= 0.3 is 0 Å². The minimum Gasteiger partial charge on any atom is -0.489 e. The maximum Gasteiger partial charge on any atom is 0.162 e. The van der Waals surface area contributed by atoms with Crippen molar-refractivity contribution in [2.45, 2.75) is 6.61 Å². The quantitative estimate of drug-likeness (QED) is 0.646. The summed E-state index contributed by atoms with van der Waals surface area (Å²) in [6.45, 7) is 0.211. The summed E-state index contributed by atoms with van der Waals surface area (Å²) in [6, 6.07) is 6.81. The molecule has 0 aliphatic rings. The van der Waals surface area contributed by atoms with E-state index in [0.717, 1.165) is 17.7 Å². The molecular formula is C12H11F2N3O. The average Bonchev–Trinajstić information content (AvgIpc) is 2.40. The van der Waals surface area contributed by atoms with Crippen LogP contribution in [0, 0.1) is 11.6 Å². The fraction of sp³-hybridized carbons (Fsp3) is 0.0833. The molecule has 2 aromatic rings. The number of hydrogen-bond acceptors (Lipinski definition) is 4. The maximum absolute atomic E-state index is 12.9. The van der Waals surface area contributed by atoms with Crippen molar-refractivity contribution in [2.75, 3.05) is 5.43 Å². The molecular weight excluding hydrogens is 240 g/mol. The van der Waals surface area contributed by atoms with Gasteiger partial charge in [0.1, 0.15) is 18.2 Å². The van der Waals surface area contributed by atoms with E-state index in [4.69, 9.17) is 10.6 Å². The molecule has 4 nitrogen and oxygen atoms in total. The summed E-state index contributed by atoms with van der Waals surface area (Å²) in [5, 5.41) is 0. The molecule has 0 amide bonds. The third kappa shape index (κ3) is 2.92. The van der Waals surface area contributed by atoms with Crippen LogP contribution in [0.3, 0.4) is 0 Å². The highest BCUT2D eigenvalue weighted by Crippen LogP contribution is 2.17. The largest absolute Gasteiger partial charge is 0.489 e. The molecule has 0 saturated carbocycles. The van der Waals surface area contributed by atoms with E-state index in [1.54, 1.807) is 18.3 Å². The van der Waals surface area contributed by atoms with E-state index in [1.807, 2.05) is 0 Å². The fourth-order valence-electron chi connectivity index (χ4n) is 1.38. The van der Waals surface area contributed by atoms with Crippen LogP contribution < -0.4 is 16.0 Å². The number of ether oxygens (including phenoxy) is 1. The number of benzene rings is 1. The van der Waals surface area contributed by atoms with E-state index >= 15 is 0 Å². The van der Waals surface area contributed by atoms with Gasteiger partial charge in [-0.15, -0.1) is 0 Å². The van der Waals surface area contributed by atoms with Crippen molar-refractivity contribution in [1.29, 1.82) is 0 Å². The van der Waals surface area contributed by atoms with Crippen LogP contribution in [-0.4, -0.2) is 4.98 Å². The Morgan fingerprint density at radius 3 is 2.72 bits per heavy atom. The highest BCUT2D eigenvalue weighted by Gasteiger charge is 2.03. The summed E-state index contributed by atoms with van der Waals surface area (Å²) in [6.07, 6.45) is 1.57. The second-order valence-corrected chi connectivity index (χ2v) is 3.56. The van der Waals surface area contributed by atoms with Gasteiger partial charge < -0.3 is 10.2 Å². The summed E-state index contributed by atoms with van der Waals surface area (Å²) < 4.78 is 31.0. The average molecular weight is 251 g/mol. The molecule has 2 rings (SSSR count). The second-order valence-electron chi connectivity index (χ2n) is 3.56. The molecule has 1 aromatic carbocycles. The number of rotatable bonds is 4. The number of halogens is 2. The first-order chi connectivity index (χ1) is 8.69. The van der Waals surface area contributed by atoms with Crippen LogP contribution in [-0.2, 0) is 6.61 Å². The van der Waals surface area contributed by atoms with E-state index in [2.05, 4.69) is 10.4 Å². The second kappa shape index (κ2) is 5.42. The van der Waals surface area contributed by atoms with Crippen molar-refractivity contribution in [3.63, 3.8) is 0 Å². The van der Waals surface area contributed by atoms with E-state index in [1.165, 1.54) is 6.07 Å². The standard InChI is InChI=1S/C12H11F2N3O/c13-10-2-1-9(6-11(10)14)18-7-8-3-4-16-12(5-8)17-15/h1-6H,7,15H2,(H,16,17). The van der Waals surface area contributed by atoms with Gasteiger partial charge in [0.15, 0.2) is 11.6 Å². The van der Waals surface area contributed by atoms with Gasteiger partial charge in [-0.25, -0.2) is 19.6 Å². The lowest BCUT2D eigenvalue weighted by Crippen LogP contribution is -2.09. The molecule has 3 N–H and O–H groups in total. The normalized spacial score (nSPS) is 10.2. The van der Waals surface area contributed by atoms with E-state index in [9.17, 15) is 8.78 Å². The van der Waals surface area contributed by atoms with Crippen molar-refractivity contribution >= 4 is 5.82 Å². The van der Waals surface area contributed by atoms with E-state index in [0.29, 0.717) is 5.82 Å². The Morgan fingerprint density at radius 2 is 2.00 bits per heavy atom. The van der Waals surface area contributed by atoms with Crippen molar-refractivity contribution in [3.8, 4) is 5.75 Å². The number of hydrogen-bond donors (Lipinski definition) is 2. The van der Waals surface area contributed by atoms with Gasteiger partial charge in [-0.3, -0.25) is 0 Å². The number of aromatic nitrogens is 1. The first-order valence-electron chi connectivity index (χ1n) is 5.18. The number of pyridine rings is 1. The van der Waals surface area contributed by atoms with Crippen LogP contribution in [0.25, 0.3) is 0 Å². The van der Waals surface area contributed by atoms with Crippen molar-refractivity contribution in [3.05, 3.63) is 53.7 Å². The summed E-state index contributed by atoms with van der Waals surface area (Å²) in [4.78, 5) is 3.94. The predicted molar refractivity (Wildman–Crippen MR) is 62.7 cm³/mol. The first-order valence-corrected chi connectivity index (χ1v) is 5.18. The molecule has 0 aliphatic carbocycles. The number of nitrogens with one attached hydrogen (secondary N) is 1. The van der Waals surface area contributed by atoms with Crippen LogP contribution >= 0.6 is 0 Å². The maximum atomic E-state index is 12.9. The Kier molecular flexibility index (Phi) is 3.69. The molecule has 94 valence electrons. The molecule has 0 aliphatic heterocycles. The molecule has 0 atom stereocenters. The third-order valence-electron chi connectivity index (χ3n) is 2.27. The van der Waals surface area contributed by atoms with Gasteiger partial charge in [0, 0.05) is 12.3 Å². The zero-order valence-electron chi connectivity index (χ0n) is 9.36. The van der Waals surface area contributed by atoms with E-state index < -0.39 is 11.6 Å². The van der Waals surface area contributed by atoms with Crippen molar-refractivity contribution < 1.29 is 13.5 Å². The van der Waals surface area contributed by atoms with Gasteiger partial charge in [0.05, 0.1) is 0 Å². The van der Waals surface area contributed by atoms with Gasteiger partial charge in [-0.05, 0) is 29.8 Å². The highest BCUT2D eigenvalue weighted by molar-refractivity contribution is 5.36. The molecule has 0 saturated heterocycles. The van der Waals surface area contributed by atoms with Gasteiger partial charge in [0.2, 0.25) is 0 Å². The van der Waals surface area contributed by atoms with Crippen LogP contribution in [0.1, 0.15) is 5.56 Å². The van der Waals surface area contributed by atoms with E-state index in [-0.39, 0.29) is 12.4 Å².